The highest BCUT2D eigenvalue weighted by molar-refractivity contribution is 6.07. The van der Waals surface area contributed by atoms with E-state index in [-0.39, 0.29) is 0 Å². The van der Waals surface area contributed by atoms with Crippen molar-refractivity contribution in [3.05, 3.63) is 150 Å². The van der Waals surface area contributed by atoms with E-state index >= 15 is 0 Å². The minimum atomic E-state index is 0.611. The normalized spacial score (nSPS) is 10.9. The van der Waals surface area contributed by atoms with Gasteiger partial charge < -0.3 is 13.9 Å². The topological polar surface area (TPSA) is 66.7 Å². The number of hydrogen-bond donors (Lipinski definition) is 0. The Labute approximate surface area is 268 Å². The van der Waals surface area contributed by atoms with Crippen molar-refractivity contribution in [3.63, 3.8) is 0 Å². The Morgan fingerprint density at radius 2 is 1.02 bits per heavy atom. The number of aryl methyl sites for hydroxylation is 2. The zero-order valence-electron chi connectivity index (χ0n) is 25.8. The van der Waals surface area contributed by atoms with E-state index in [4.69, 9.17) is 4.74 Å². The molecule has 5 heteroatoms. The van der Waals surface area contributed by atoms with Crippen molar-refractivity contribution >= 4 is 11.0 Å². The molecule has 5 nitrogen and oxygen atoms in total. The predicted molar refractivity (Wildman–Crippen MR) is 184 cm³/mol. The van der Waals surface area contributed by atoms with E-state index in [1.54, 1.807) is 7.11 Å². The van der Waals surface area contributed by atoms with Gasteiger partial charge in [0, 0.05) is 16.9 Å². The summed E-state index contributed by atoms with van der Waals surface area (Å²) in [5, 5.41) is 19.1. The minimum absolute atomic E-state index is 0.611. The maximum Gasteiger partial charge on any atom is 0.118 e. The second kappa shape index (κ2) is 11.7. The van der Waals surface area contributed by atoms with Gasteiger partial charge in [0.2, 0.25) is 0 Å². The largest absolute Gasteiger partial charge is 0.497 e. The van der Waals surface area contributed by atoms with Gasteiger partial charge in [0.15, 0.2) is 0 Å². The van der Waals surface area contributed by atoms with Crippen LogP contribution >= 0.6 is 0 Å². The summed E-state index contributed by atoms with van der Waals surface area (Å²) in [6, 6.07) is 47.7. The number of ether oxygens (including phenoxy) is 1. The molecule has 0 amide bonds. The number of benzene rings is 5. The van der Waals surface area contributed by atoms with E-state index in [1.807, 2.05) is 60.7 Å². The van der Waals surface area contributed by atoms with Crippen molar-refractivity contribution in [1.29, 1.82) is 10.5 Å². The first-order chi connectivity index (χ1) is 22.5. The molecular weight excluding hydrogens is 564 g/mol. The maximum atomic E-state index is 9.59. The summed E-state index contributed by atoms with van der Waals surface area (Å²) in [4.78, 5) is 0. The Bertz CT molecular complexity index is 2230. The van der Waals surface area contributed by atoms with Gasteiger partial charge in [-0.25, -0.2) is 0 Å². The molecule has 0 spiro atoms. The third kappa shape index (κ3) is 4.91. The molecule has 0 atom stereocenters. The molecule has 0 aliphatic rings. The van der Waals surface area contributed by atoms with Crippen LogP contribution in [-0.4, -0.2) is 16.2 Å². The van der Waals surface area contributed by atoms with E-state index < -0.39 is 0 Å². The minimum Gasteiger partial charge on any atom is -0.497 e. The Hall–Kier alpha value is -6.30. The molecule has 220 valence electrons. The van der Waals surface area contributed by atoms with Crippen LogP contribution in [0.5, 0.6) is 5.75 Å². The summed E-state index contributed by atoms with van der Waals surface area (Å²) >= 11 is 0. The number of fused-ring (bicyclic) bond motifs is 1. The Kier molecular flexibility index (Phi) is 7.21. The number of nitriles is 2. The van der Waals surface area contributed by atoms with Crippen molar-refractivity contribution in [1.82, 2.24) is 9.13 Å². The highest BCUT2D eigenvalue weighted by Crippen LogP contribution is 2.47. The van der Waals surface area contributed by atoms with Crippen molar-refractivity contribution in [2.75, 3.05) is 7.11 Å². The van der Waals surface area contributed by atoms with Crippen LogP contribution in [0.4, 0.5) is 0 Å². The summed E-state index contributed by atoms with van der Waals surface area (Å²) in [5.74, 6) is 0.782. The third-order valence-electron chi connectivity index (χ3n) is 8.48. The zero-order chi connectivity index (χ0) is 31.8. The SMILES string of the molecule is COc1ccc(-c2c(-c3ccc(C#N)cc3)n(-c3ccc(C)cc3)c3cc(-c4ccc(C#N)cc4)n(-c4ccc(C)cc4)c23)cc1. The van der Waals surface area contributed by atoms with Gasteiger partial charge in [-0.1, -0.05) is 71.8 Å². The summed E-state index contributed by atoms with van der Waals surface area (Å²) < 4.78 is 10.2. The summed E-state index contributed by atoms with van der Waals surface area (Å²) in [5.41, 5.74) is 13.9. The Morgan fingerprint density at radius 1 is 0.543 bits per heavy atom. The molecule has 5 aromatic carbocycles. The third-order valence-corrected chi connectivity index (χ3v) is 8.48. The predicted octanol–water partition coefficient (Wildman–Crippen LogP) is 9.79. The highest BCUT2D eigenvalue weighted by Gasteiger charge is 2.27. The monoisotopic (exact) mass is 594 g/mol. The number of aromatic nitrogens is 2. The van der Waals surface area contributed by atoms with Gasteiger partial charge in [-0.15, -0.1) is 0 Å². The molecule has 0 bridgehead atoms. The van der Waals surface area contributed by atoms with Crippen LogP contribution in [0.1, 0.15) is 22.3 Å². The number of methoxy groups -OCH3 is 1. The zero-order valence-corrected chi connectivity index (χ0v) is 25.8. The first-order valence-corrected chi connectivity index (χ1v) is 15.1. The molecule has 0 aliphatic heterocycles. The molecule has 0 saturated carbocycles. The van der Waals surface area contributed by atoms with Crippen LogP contribution in [-0.2, 0) is 0 Å². The van der Waals surface area contributed by atoms with Gasteiger partial charge in [-0.2, -0.15) is 10.5 Å². The van der Waals surface area contributed by atoms with Crippen molar-refractivity contribution < 1.29 is 4.74 Å². The van der Waals surface area contributed by atoms with Crippen molar-refractivity contribution in [2.24, 2.45) is 0 Å². The average molecular weight is 595 g/mol. The molecule has 46 heavy (non-hydrogen) atoms. The van der Waals surface area contributed by atoms with Crippen LogP contribution in [0, 0.1) is 36.5 Å². The molecule has 2 heterocycles. The van der Waals surface area contributed by atoms with Crippen LogP contribution < -0.4 is 4.74 Å². The van der Waals surface area contributed by atoms with Crippen molar-refractivity contribution in [3.8, 4) is 62.9 Å². The molecular formula is C41H30N4O. The Morgan fingerprint density at radius 3 is 1.52 bits per heavy atom. The van der Waals surface area contributed by atoms with Gasteiger partial charge in [0.1, 0.15) is 5.75 Å². The van der Waals surface area contributed by atoms with E-state index in [0.29, 0.717) is 11.1 Å². The summed E-state index contributed by atoms with van der Waals surface area (Å²) in [6.07, 6.45) is 0. The van der Waals surface area contributed by atoms with Crippen LogP contribution in [0.3, 0.4) is 0 Å². The molecule has 0 aliphatic carbocycles. The number of rotatable bonds is 6. The van der Waals surface area contributed by atoms with E-state index in [2.05, 4.69) is 102 Å². The molecule has 0 fully saturated rings. The Balaban J connectivity index is 1.68. The standard InChI is InChI=1S/C41H30N4O/c1-27-4-18-34(19-5-27)44-37(31-12-8-29(25-42)9-13-31)24-38-41(44)39(32-16-22-36(46-3)23-17-32)40(33-14-10-30(26-43)11-15-33)45(38)35-20-6-28(2)7-21-35/h4-24H,1-3H3. The maximum absolute atomic E-state index is 9.59. The first-order valence-electron chi connectivity index (χ1n) is 15.1. The lowest BCUT2D eigenvalue weighted by molar-refractivity contribution is 0.415. The van der Waals surface area contributed by atoms with E-state index in [9.17, 15) is 10.5 Å². The number of hydrogen-bond acceptors (Lipinski definition) is 3. The lowest BCUT2D eigenvalue weighted by Gasteiger charge is -2.16. The second-order valence-corrected chi connectivity index (χ2v) is 11.4. The van der Waals surface area contributed by atoms with E-state index in [0.717, 1.165) is 61.8 Å². The fraction of sp³-hybridized carbons (Fsp3) is 0.0732. The molecule has 0 N–H and O–H groups in total. The van der Waals surface area contributed by atoms with Gasteiger partial charge in [0.25, 0.3) is 0 Å². The van der Waals surface area contributed by atoms with Crippen LogP contribution in [0.2, 0.25) is 0 Å². The lowest BCUT2D eigenvalue weighted by atomic mass is 9.99. The molecule has 0 radical (unpaired) electrons. The average Bonchev–Trinajstić information content (AvgIpc) is 3.64. The number of nitrogens with zero attached hydrogens (tertiary/aromatic N) is 4. The molecule has 7 rings (SSSR count). The highest BCUT2D eigenvalue weighted by atomic mass is 16.5. The molecule has 7 aromatic rings. The summed E-state index contributed by atoms with van der Waals surface area (Å²) in [7, 11) is 1.68. The van der Waals surface area contributed by atoms with E-state index in [1.165, 1.54) is 11.1 Å². The molecule has 0 unspecified atom stereocenters. The summed E-state index contributed by atoms with van der Waals surface area (Å²) in [6.45, 7) is 4.19. The smallest absolute Gasteiger partial charge is 0.118 e. The van der Waals surface area contributed by atoms with Gasteiger partial charge >= 0.3 is 0 Å². The van der Waals surface area contributed by atoms with Crippen molar-refractivity contribution in [2.45, 2.75) is 13.8 Å². The fourth-order valence-electron chi connectivity index (χ4n) is 6.11. The quantitative estimate of drug-likeness (QED) is 0.192. The second-order valence-electron chi connectivity index (χ2n) is 11.4. The van der Waals surface area contributed by atoms with Gasteiger partial charge in [-0.05, 0) is 97.3 Å². The van der Waals surface area contributed by atoms with Gasteiger partial charge in [-0.3, -0.25) is 0 Å². The molecule has 2 aromatic heterocycles. The molecule has 0 saturated heterocycles. The fourth-order valence-corrected chi connectivity index (χ4v) is 6.11. The first kappa shape index (κ1) is 28.5. The lowest BCUT2D eigenvalue weighted by Crippen LogP contribution is -1.99. The van der Waals surface area contributed by atoms with Crippen LogP contribution in [0.25, 0.3) is 56.0 Å². The van der Waals surface area contributed by atoms with Gasteiger partial charge in [0.05, 0.1) is 52.8 Å². The van der Waals surface area contributed by atoms with Crippen LogP contribution in [0.15, 0.2) is 127 Å².